The number of nitrogens with one attached hydrogen (secondary N) is 1. The van der Waals surface area contributed by atoms with Crippen molar-refractivity contribution in [2.24, 2.45) is 0 Å². The number of methoxy groups -OCH3 is 1. The number of anilines is 1. The average molecular weight is 460 g/mol. The van der Waals surface area contributed by atoms with Gasteiger partial charge in [0.15, 0.2) is 5.69 Å². The number of rotatable bonds is 5. The third-order valence-electron chi connectivity index (χ3n) is 6.63. The number of aromatic nitrogens is 2. The number of nitrogens with zero attached hydrogens (tertiary/aromatic N) is 4. The minimum atomic E-state index is -0.296. The highest BCUT2D eigenvalue weighted by Crippen LogP contribution is 2.30. The van der Waals surface area contributed by atoms with E-state index in [1.807, 2.05) is 39.9 Å². The van der Waals surface area contributed by atoms with E-state index >= 15 is 0 Å². The summed E-state index contributed by atoms with van der Waals surface area (Å²) in [6.07, 6.45) is 2.71. The van der Waals surface area contributed by atoms with Crippen LogP contribution in [0.3, 0.4) is 0 Å². The normalized spacial score (nSPS) is 15.8. The van der Waals surface area contributed by atoms with Crippen molar-refractivity contribution < 1.29 is 14.3 Å². The highest BCUT2D eigenvalue weighted by Gasteiger charge is 2.28. The number of para-hydroxylation sites is 1. The summed E-state index contributed by atoms with van der Waals surface area (Å²) in [7, 11) is 3.60. The van der Waals surface area contributed by atoms with Crippen molar-refractivity contribution in [2.45, 2.75) is 19.3 Å². The predicted molar refractivity (Wildman–Crippen MR) is 130 cm³/mol. The largest absolute Gasteiger partial charge is 0.495 e. The monoisotopic (exact) mass is 459 g/mol. The lowest BCUT2D eigenvalue weighted by atomic mass is 10.1. The molecule has 1 aromatic heterocycles. The van der Waals surface area contributed by atoms with Gasteiger partial charge in [0.05, 0.1) is 18.5 Å². The van der Waals surface area contributed by atoms with Crippen molar-refractivity contribution in [2.75, 3.05) is 45.7 Å². The molecule has 1 N–H and O–H groups in total. The van der Waals surface area contributed by atoms with Crippen LogP contribution in [0.5, 0.6) is 5.75 Å². The number of carbonyl (C=O) groups is 2. The number of piperazine rings is 1. The molecule has 2 amide bonds. The lowest BCUT2D eigenvalue weighted by molar-refractivity contribution is 0.0664. The zero-order valence-corrected chi connectivity index (χ0v) is 19.6. The van der Waals surface area contributed by atoms with Gasteiger partial charge in [-0.05, 0) is 56.6 Å². The minimum absolute atomic E-state index is 0.0412. The third kappa shape index (κ3) is 4.17. The van der Waals surface area contributed by atoms with Gasteiger partial charge in [-0.3, -0.25) is 9.59 Å². The first-order valence-electron chi connectivity index (χ1n) is 11.7. The molecule has 1 fully saturated rings. The zero-order chi connectivity index (χ0) is 23.7. The van der Waals surface area contributed by atoms with E-state index in [1.54, 1.807) is 25.3 Å². The lowest BCUT2D eigenvalue weighted by Crippen LogP contribution is -2.47. The molecule has 3 aromatic rings. The van der Waals surface area contributed by atoms with E-state index in [0.29, 0.717) is 35.8 Å². The number of amides is 2. The topological polar surface area (TPSA) is 79.7 Å². The van der Waals surface area contributed by atoms with E-state index in [4.69, 9.17) is 4.74 Å². The van der Waals surface area contributed by atoms with E-state index in [2.05, 4.69) is 22.4 Å². The predicted octanol–water partition coefficient (Wildman–Crippen LogP) is 3.01. The minimum Gasteiger partial charge on any atom is -0.495 e. The van der Waals surface area contributed by atoms with Crippen molar-refractivity contribution in [1.29, 1.82) is 0 Å². The quantitative estimate of drug-likeness (QED) is 0.635. The molecule has 5 rings (SSSR count). The molecule has 0 unspecified atom stereocenters. The summed E-state index contributed by atoms with van der Waals surface area (Å²) < 4.78 is 7.35. The standard InChI is InChI=1S/C26H29N5O3/c1-29-13-15-30(16-14-29)26(33)18-11-12-23(34-2)21(17-18)27-25(32)24-20-9-6-10-22(20)31(28-24)19-7-4-3-5-8-19/h3-5,7-8,11-12,17H,6,9-10,13-16H2,1-2H3,(H,27,32). The van der Waals surface area contributed by atoms with Crippen LogP contribution in [0.25, 0.3) is 5.69 Å². The van der Waals surface area contributed by atoms with Crippen molar-refractivity contribution in [3.63, 3.8) is 0 Å². The smallest absolute Gasteiger partial charge is 0.276 e. The maximum atomic E-state index is 13.4. The molecule has 2 aliphatic rings. The Bertz CT molecular complexity index is 1210. The molecule has 0 radical (unpaired) electrons. The molecule has 8 heteroatoms. The number of hydrogen-bond donors (Lipinski definition) is 1. The van der Waals surface area contributed by atoms with E-state index in [1.165, 1.54) is 0 Å². The van der Waals surface area contributed by atoms with Gasteiger partial charge in [-0.15, -0.1) is 0 Å². The Morgan fingerprint density at radius 2 is 1.76 bits per heavy atom. The molecule has 0 bridgehead atoms. The highest BCUT2D eigenvalue weighted by atomic mass is 16.5. The Labute approximate surface area is 199 Å². The Hall–Kier alpha value is -3.65. The van der Waals surface area contributed by atoms with Crippen molar-refractivity contribution in [3.8, 4) is 11.4 Å². The van der Waals surface area contributed by atoms with Crippen molar-refractivity contribution in [1.82, 2.24) is 19.6 Å². The first-order valence-corrected chi connectivity index (χ1v) is 11.7. The number of hydrogen-bond acceptors (Lipinski definition) is 5. The summed E-state index contributed by atoms with van der Waals surface area (Å²) in [5, 5.41) is 7.63. The second kappa shape index (κ2) is 9.30. The Morgan fingerprint density at radius 1 is 1.00 bits per heavy atom. The number of benzene rings is 2. The van der Waals surface area contributed by atoms with Gasteiger partial charge in [0.1, 0.15) is 5.75 Å². The van der Waals surface area contributed by atoms with Gasteiger partial charge in [0.2, 0.25) is 0 Å². The maximum absolute atomic E-state index is 13.4. The Balaban J connectivity index is 1.42. The Kier molecular flexibility index (Phi) is 6.06. The first-order chi connectivity index (χ1) is 16.5. The SMILES string of the molecule is COc1ccc(C(=O)N2CCN(C)CC2)cc1NC(=O)c1nn(-c2ccccc2)c2c1CCC2. The molecule has 34 heavy (non-hydrogen) atoms. The number of ether oxygens (including phenoxy) is 1. The van der Waals surface area contributed by atoms with Gasteiger partial charge in [0.25, 0.3) is 11.8 Å². The summed E-state index contributed by atoms with van der Waals surface area (Å²) in [6.45, 7) is 3.07. The molecule has 2 heterocycles. The van der Waals surface area contributed by atoms with Crippen LogP contribution in [0.1, 0.15) is 38.5 Å². The second-order valence-corrected chi connectivity index (χ2v) is 8.84. The molecule has 176 valence electrons. The molecule has 2 aromatic carbocycles. The van der Waals surface area contributed by atoms with Gasteiger partial charge in [-0.2, -0.15) is 5.10 Å². The van der Waals surface area contributed by atoms with Crippen LogP contribution < -0.4 is 10.1 Å². The molecular weight excluding hydrogens is 430 g/mol. The van der Waals surface area contributed by atoms with Gasteiger partial charge >= 0.3 is 0 Å². The highest BCUT2D eigenvalue weighted by molar-refractivity contribution is 6.06. The summed E-state index contributed by atoms with van der Waals surface area (Å²) in [5.74, 6) is 0.165. The molecule has 8 nitrogen and oxygen atoms in total. The fourth-order valence-electron chi connectivity index (χ4n) is 4.71. The van der Waals surface area contributed by atoms with Crippen molar-refractivity contribution in [3.05, 3.63) is 71.0 Å². The average Bonchev–Trinajstić information content (AvgIpc) is 3.48. The van der Waals surface area contributed by atoms with Crippen LogP contribution in [0, 0.1) is 0 Å². The molecule has 1 aliphatic carbocycles. The summed E-state index contributed by atoms with van der Waals surface area (Å²) in [6, 6.07) is 15.0. The molecule has 0 atom stereocenters. The fraction of sp³-hybridized carbons (Fsp3) is 0.346. The summed E-state index contributed by atoms with van der Waals surface area (Å²) in [5.41, 5.74) is 4.44. The lowest BCUT2D eigenvalue weighted by Gasteiger charge is -2.32. The van der Waals surface area contributed by atoms with Crippen LogP contribution in [0.15, 0.2) is 48.5 Å². The Morgan fingerprint density at radius 3 is 2.50 bits per heavy atom. The van der Waals surface area contributed by atoms with Gasteiger partial charge in [-0.1, -0.05) is 18.2 Å². The van der Waals surface area contributed by atoms with E-state index in [-0.39, 0.29) is 11.8 Å². The molecule has 0 saturated carbocycles. The molecule has 1 saturated heterocycles. The zero-order valence-electron chi connectivity index (χ0n) is 19.6. The van der Waals surface area contributed by atoms with Gasteiger partial charge in [0, 0.05) is 43.0 Å². The van der Waals surface area contributed by atoms with Crippen LogP contribution >= 0.6 is 0 Å². The number of fused-ring (bicyclic) bond motifs is 1. The maximum Gasteiger partial charge on any atom is 0.276 e. The van der Waals surface area contributed by atoms with Crippen LogP contribution in [-0.4, -0.2) is 71.7 Å². The van der Waals surface area contributed by atoms with E-state index < -0.39 is 0 Å². The fourth-order valence-corrected chi connectivity index (χ4v) is 4.71. The second-order valence-electron chi connectivity index (χ2n) is 8.84. The van der Waals surface area contributed by atoms with Gasteiger partial charge in [-0.25, -0.2) is 4.68 Å². The van der Waals surface area contributed by atoms with Crippen LogP contribution in [-0.2, 0) is 12.8 Å². The first kappa shape index (κ1) is 22.2. The van der Waals surface area contributed by atoms with Crippen molar-refractivity contribution >= 4 is 17.5 Å². The molecular formula is C26H29N5O3. The summed E-state index contributed by atoms with van der Waals surface area (Å²) >= 11 is 0. The molecule has 0 spiro atoms. The summed E-state index contributed by atoms with van der Waals surface area (Å²) in [4.78, 5) is 30.5. The van der Waals surface area contributed by atoms with E-state index in [9.17, 15) is 9.59 Å². The number of carbonyl (C=O) groups excluding carboxylic acids is 2. The number of likely N-dealkylation sites (N-methyl/N-ethyl adjacent to an activating group) is 1. The van der Waals surface area contributed by atoms with Crippen LogP contribution in [0.4, 0.5) is 5.69 Å². The van der Waals surface area contributed by atoms with E-state index in [0.717, 1.165) is 49.3 Å². The van der Waals surface area contributed by atoms with Crippen LogP contribution in [0.2, 0.25) is 0 Å². The third-order valence-corrected chi connectivity index (χ3v) is 6.63. The van der Waals surface area contributed by atoms with Gasteiger partial charge < -0.3 is 19.9 Å². The molecule has 1 aliphatic heterocycles.